The molecular formula is C24H25NO4S. The molecule has 0 unspecified atom stereocenters. The van der Waals surface area contributed by atoms with E-state index in [2.05, 4.69) is 17.4 Å². The number of anilines is 1. The van der Waals surface area contributed by atoms with Crippen LogP contribution < -0.4 is 10.1 Å². The molecule has 3 rings (SSSR count). The number of rotatable bonds is 9. The van der Waals surface area contributed by atoms with Crippen LogP contribution >= 0.6 is 0 Å². The highest BCUT2D eigenvalue weighted by atomic mass is 32.2. The van der Waals surface area contributed by atoms with Crippen molar-refractivity contribution in [1.29, 1.82) is 0 Å². The number of carbonyl (C=O) groups is 1. The van der Waals surface area contributed by atoms with Crippen molar-refractivity contribution in [2.75, 3.05) is 18.2 Å². The molecule has 3 aromatic carbocycles. The van der Waals surface area contributed by atoms with Crippen molar-refractivity contribution in [1.82, 2.24) is 0 Å². The molecule has 0 fully saturated rings. The molecule has 0 saturated carbocycles. The van der Waals surface area contributed by atoms with Crippen molar-refractivity contribution >= 4 is 21.4 Å². The van der Waals surface area contributed by atoms with E-state index in [1.807, 2.05) is 42.5 Å². The SMILES string of the molecule is CS(=O)(=O)c1ccc(OCCCC(=O)Nc2ccccc2Cc2ccccc2)cc1. The Kier molecular flexibility index (Phi) is 7.25. The Morgan fingerprint density at radius 3 is 2.27 bits per heavy atom. The van der Waals surface area contributed by atoms with Gasteiger partial charge in [0, 0.05) is 18.4 Å². The lowest BCUT2D eigenvalue weighted by Crippen LogP contribution is -2.14. The minimum atomic E-state index is -3.22. The summed E-state index contributed by atoms with van der Waals surface area (Å²) in [5.74, 6) is 0.516. The molecule has 0 aliphatic carbocycles. The molecule has 0 saturated heterocycles. The largest absolute Gasteiger partial charge is 0.494 e. The van der Waals surface area contributed by atoms with Crippen LogP contribution in [0.1, 0.15) is 24.0 Å². The van der Waals surface area contributed by atoms with Crippen LogP contribution in [0.4, 0.5) is 5.69 Å². The maximum Gasteiger partial charge on any atom is 0.224 e. The van der Waals surface area contributed by atoms with Gasteiger partial charge in [0.15, 0.2) is 9.84 Å². The van der Waals surface area contributed by atoms with Gasteiger partial charge in [-0.05, 0) is 54.3 Å². The topological polar surface area (TPSA) is 72.5 Å². The van der Waals surface area contributed by atoms with Crippen LogP contribution in [0, 0.1) is 0 Å². The molecule has 3 aromatic rings. The molecule has 0 radical (unpaired) electrons. The van der Waals surface area contributed by atoms with Gasteiger partial charge in [0.25, 0.3) is 0 Å². The predicted molar refractivity (Wildman–Crippen MR) is 119 cm³/mol. The second kappa shape index (κ2) is 10.1. The number of benzene rings is 3. The Morgan fingerprint density at radius 2 is 1.57 bits per heavy atom. The van der Waals surface area contributed by atoms with Gasteiger partial charge in [-0.1, -0.05) is 48.5 Å². The van der Waals surface area contributed by atoms with Crippen molar-refractivity contribution < 1.29 is 17.9 Å². The van der Waals surface area contributed by atoms with Crippen LogP contribution in [-0.2, 0) is 21.1 Å². The number of hydrogen-bond acceptors (Lipinski definition) is 4. The Hall–Kier alpha value is -3.12. The lowest BCUT2D eigenvalue weighted by Gasteiger charge is -2.12. The summed E-state index contributed by atoms with van der Waals surface area (Å²) in [4.78, 5) is 12.6. The number of amides is 1. The number of ether oxygens (including phenoxy) is 1. The monoisotopic (exact) mass is 423 g/mol. The number of carbonyl (C=O) groups excluding carboxylic acids is 1. The first-order valence-corrected chi connectivity index (χ1v) is 11.7. The van der Waals surface area contributed by atoms with E-state index >= 15 is 0 Å². The summed E-state index contributed by atoms with van der Waals surface area (Å²) in [5.41, 5.74) is 3.08. The Bertz CT molecular complexity index is 1080. The van der Waals surface area contributed by atoms with E-state index in [1.54, 1.807) is 12.1 Å². The highest BCUT2D eigenvalue weighted by molar-refractivity contribution is 7.90. The standard InChI is InChI=1S/C24H25NO4S/c1-30(27,28)22-15-13-21(14-16-22)29-17-7-12-24(26)25-23-11-6-5-10-20(23)18-19-8-3-2-4-9-19/h2-6,8-11,13-16H,7,12,17-18H2,1H3,(H,25,26). The van der Waals surface area contributed by atoms with E-state index < -0.39 is 9.84 Å². The molecule has 0 aliphatic heterocycles. The summed E-state index contributed by atoms with van der Waals surface area (Å²) in [6.45, 7) is 0.372. The van der Waals surface area contributed by atoms with E-state index in [4.69, 9.17) is 4.74 Å². The summed E-state index contributed by atoms with van der Waals surface area (Å²) in [6, 6.07) is 24.2. The van der Waals surface area contributed by atoms with E-state index in [0.29, 0.717) is 25.2 Å². The van der Waals surface area contributed by atoms with Crippen molar-refractivity contribution in [2.45, 2.75) is 24.2 Å². The molecule has 0 aliphatic rings. The predicted octanol–water partition coefficient (Wildman–Crippen LogP) is 4.48. The molecule has 0 heterocycles. The summed E-state index contributed by atoms with van der Waals surface area (Å²) in [5, 5.41) is 2.99. The van der Waals surface area contributed by atoms with Gasteiger partial charge in [-0.2, -0.15) is 0 Å². The summed E-state index contributed by atoms with van der Waals surface area (Å²) >= 11 is 0. The fourth-order valence-electron chi connectivity index (χ4n) is 3.03. The summed E-state index contributed by atoms with van der Waals surface area (Å²) in [6.07, 6.45) is 2.81. The molecule has 0 bridgehead atoms. The van der Waals surface area contributed by atoms with E-state index in [1.165, 1.54) is 24.0 Å². The molecule has 0 spiro atoms. The molecule has 5 nitrogen and oxygen atoms in total. The molecule has 0 atom stereocenters. The van der Waals surface area contributed by atoms with Crippen LogP contribution in [0.25, 0.3) is 0 Å². The lowest BCUT2D eigenvalue weighted by atomic mass is 10.0. The Labute approximate surface area is 177 Å². The molecule has 156 valence electrons. The van der Waals surface area contributed by atoms with Gasteiger partial charge in [0.1, 0.15) is 5.75 Å². The zero-order valence-electron chi connectivity index (χ0n) is 16.9. The number of para-hydroxylation sites is 1. The number of nitrogens with one attached hydrogen (secondary N) is 1. The maximum atomic E-state index is 12.4. The molecule has 0 aromatic heterocycles. The third-order valence-corrected chi connectivity index (χ3v) is 5.73. The molecule has 1 N–H and O–H groups in total. The molecular weight excluding hydrogens is 398 g/mol. The average Bonchev–Trinajstić information content (AvgIpc) is 2.73. The van der Waals surface area contributed by atoms with Crippen molar-refractivity contribution in [2.24, 2.45) is 0 Å². The van der Waals surface area contributed by atoms with Crippen LogP contribution in [-0.4, -0.2) is 27.2 Å². The van der Waals surface area contributed by atoms with Gasteiger partial charge < -0.3 is 10.1 Å². The molecule has 30 heavy (non-hydrogen) atoms. The highest BCUT2D eigenvalue weighted by Gasteiger charge is 2.09. The van der Waals surface area contributed by atoms with Crippen molar-refractivity contribution in [3.63, 3.8) is 0 Å². The smallest absolute Gasteiger partial charge is 0.224 e. The van der Waals surface area contributed by atoms with E-state index in [0.717, 1.165) is 17.7 Å². The van der Waals surface area contributed by atoms with Crippen LogP contribution in [0.15, 0.2) is 83.8 Å². The Morgan fingerprint density at radius 1 is 0.900 bits per heavy atom. The number of hydrogen-bond donors (Lipinski definition) is 1. The lowest BCUT2D eigenvalue weighted by molar-refractivity contribution is -0.116. The van der Waals surface area contributed by atoms with Crippen molar-refractivity contribution in [3.8, 4) is 5.75 Å². The quantitative estimate of drug-likeness (QED) is 0.515. The van der Waals surface area contributed by atoms with Gasteiger partial charge >= 0.3 is 0 Å². The average molecular weight is 424 g/mol. The molecule has 6 heteroatoms. The summed E-state index contributed by atoms with van der Waals surface area (Å²) in [7, 11) is -3.22. The van der Waals surface area contributed by atoms with Gasteiger partial charge in [0.2, 0.25) is 5.91 Å². The summed E-state index contributed by atoms with van der Waals surface area (Å²) < 4.78 is 28.5. The second-order valence-corrected chi connectivity index (χ2v) is 9.08. The normalized spacial score (nSPS) is 11.1. The second-order valence-electron chi connectivity index (χ2n) is 7.06. The fraction of sp³-hybridized carbons (Fsp3) is 0.208. The van der Waals surface area contributed by atoms with Crippen LogP contribution in [0.3, 0.4) is 0 Å². The molecule has 1 amide bonds. The minimum Gasteiger partial charge on any atom is -0.494 e. The zero-order chi connectivity index (χ0) is 21.4. The first-order valence-electron chi connectivity index (χ1n) is 9.76. The van der Waals surface area contributed by atoms with Crippen LogP contribution in [0.5, 0.6) is 5.75 Å². The first-order chi connectivity index (χ1) is 14.4. The van der Waals surface area contributed by atoms with E-state index in [-0.39, 0.29) is 10.8 Å². The maximum absolute atomic E-state index is 12.4. The highest BCUT2D eigenvalue weighted by Crippen LogP contribution is 2.20. The number of sulfone groups is 1. The van der Waals surface area contributed by atoms with Gasteiger partial charge in [-0.25, -0.2) is 8.42 Å². The fourth-order valence-corrected chi connectivity index (χ4v) is 3.66. The minimum absolute atomic E-state index is 0.0634. The Balaban J connectivity index is 1.47. The van der Waals surface area contributed by atoms with Crippen molar-refractivity contribution in [3.05, 3.63) is 90.0 Å². The van der Waals surface area contributed by atoms with Gasteiger partial charge in [-0.3, -0.25) is 4.79 Å². The van der Waals surface area contributed by atoms with Gasteiger partial charge in [-0.15, -0.1) is 0 Å². The zero-order valence-corrected chi connectivity index (χ0v) is 17.7. The third kappa shape index (κ3) is 6.46. The van der Waals surface area contributed by atoms with Gasteiger partial charge in [0.05, 0.1) is 11.5 Å². The van der Waals surface area contributed by atoms with Crippen LogP contribution in [0.2, 0.25) is 0 Å². The van der Waals surface area contributed by atoms with E-state index in [9.17, 15) is 13.2 Å². The first kappa shape index (κ1) is 21.6. The third-order valence-electron chi connectivity index (χ3n) is 4.60.